The van der Waals surface area contributed by atoms with Crippen LogP contribution in [0.1, 0.15) is 12.0 Å². The van der Waals surface area contributed by atoms with Crippen LogP contribution >= 0.6 is 12.6 Å². The zero-order chi connectivity index (χ0) is 10.1. The van der Waals surface area contributed by atoms with E-state index in [1.165, 1.54) is 0 Å². The fourth-order valence-corrected chi connectivity index (χ4v) is 2.05. The Morgan fingerprint density at radius 3 is 2.93 bits per heavy atom. The van der Waals surface area contributed by atoms with E-state index in [1.54, 1.807) is 4.90 Å². The number of nitrogens with zero attached hydrogens (tertiary/aromatic N) is 1. The molecular weight excluding hydrogens is 196 g/mol. The minimum Gasteiger partial charge on any atom is -0.399 e. The quantitative estimate of drug-likeness (QED) is 0.542. The number of rotatable bonds is 1. The van der Waals surface area contributed by atoms with Crippen molar-refractivity contribution in [1.82, 2.24) is 0 Å². The molecule has 0 bridgehead atoms. The first-order valence-electron chi connectivity index (χ1n) is 4.52. The van der Waals surface area contributed by atoms with Crippen molar-refractivity contribution >= 4 is 29.9 Å². The average Bonchev–Trinajstić information content (AvgIpc) is 2.18. The molecule has 1 aromatic rings. The van der Waals surface area contributed by atoms with Gasteiger partial charge in [-0.25, -0.2) is 0 Å². The van der Waals surface area contributed by atoms with Gasteiger partial charge in [0, 0.05) is 17.8 Å². The van der Waals surface area contributed by atoms with Gasteiger partial charge >= 0.3 is 0 Å². The summed E-state index contributed by atoms with van der Waals surface area (Å²) < 4.78 is 0. The smallest absolute Gasteiger partial charge is 0.228 e. The molecule has 1 heterocycles. The summed E-state index contributed by atoms with van der Waals surface area (Å²) in [6.07, 6.45) is 1.33. The summed E-state index contributed by atoms with van der Waals surface area (Å²) in [5.74, 6) is 0.563. The molecule has 0 fully saturated rings. The third-order valence-electron chi connectivity index (χ3n) is 2.45. The van der Waals surface area contributed by atoms with Crippen LogP contribution in [-0.4, -0.2) is 11.8 Å². The van der Waals surface area contributed by atoms with Crippen molar-refractivity contribution in [3.05, 3.63) is 23.8 Å². The number of nitrogen functional groups attached to an aromatic ring is 1. The molecule has 1 amide bonds. The van der Waals surface area contributed by atoms with E-state index in [9.17, 15) is 4.79 Å². The number of hydrogen-bond acceptors (Lipinski definition) is 3. The van der Waals surface area contributed by atoms with Gasteiger partial charge in [-0.1, -0.05) is 0 Å². The van der Waals surface area contributed by atoms with Crippen molar-refractivity contribution in [3.8, 4) is 0 Å². The highest BCUT2D eigenvalue weighted by molar-refractivity contribution is 7.80. The van der Waals surface area contributed by atoms with Gasteiger partial charge in [0.05, 0.1) is 5.88 Å². The van der Waals surface area contributed by atoms with Crippen molar-refractivity contribution < 1.29 is 4.79 Å². The number of benzene rings is 1. The average molecular weight is 208 g/mol. The van der Waals surface area contributed by atoms with Crippen molar-refractivity contribution in [2.75, 3.05) is 16.5 Å². The lowest BCUT2D eigenvalue weighted by atomic mass is 10.0. The number of amides is 1. The van der Waals surface area contributed by atoms with Gasteiger partial charge < -0.3 is 10.6 Å². The monoisotopic (exact) mass is 208 g/mol. The Bertz CT molecular complexity index is 378. The Kier molecular flexibility index (Phi) is 2.37. The second-order valence-corrected chi connectivity index (χ2v) is 3.63. The Balaban J connectivity index is 2.47. The molecule has 4 heteroatoms. The SMILES string of the molecule is Nc1ccc2c(c1)CCC(=O)N2CS. The van der Waals surface area contributed by atoms with Crippen LogP contribution in [-0.2, 0) is 11.2 Å². The summed E-state index contributed by atoms with van der Waals surface area (Å²) in [5, 5.41) is 0. The normalized spacial score (nSPS) is 15.5. The lowest BCUT2D eigenvalue weighted by Crippen LogP contribution is -2.34. The number of hydrogen-bond donors (Lipinski definition) is 2. The van der Waals surface area contributed by atoms with Crippen LogP contribution in [0, 0.1) is 0 Å². The van der Waals surface area contributed by atoms with Crippen molar-refractivity contribution in [1.29, 1.82) is 0 Å². The molecule has 0 aromatic heterocycles. The molecule has 14 heavy (non-hydrogen) atoms. The van der Waals surface area contributed by atoms with E-state index >= 15 is 0 Å². The number of anilines is 2. The molecule has 74 valence electrons. The molecule has 0 aliphatic carbocycles. The first-order chi connectivity index (χ1) is 6.72. The second-order valence-electron chi connectivity index (χ2n) is 3.35. The van der Waals surface area contributed by atoms with Gasteiger partial charge in [-0.15, -0.1) is 0 Å². The van der Waals surface area contributed by atoms with E-state index in [-0.39, 0.29) is 5.91 Å². The summed E-state index contributed by atoms with van der Waals surface area (Å²) in [6, 6.07) is 5.63. The largest absolute Gasteiger partial charge is 0.399 e. The molecule has 2 N–H and O–H groups in total. The molecule has 3 nitrogen and oxygen atoms in total. The number of aryl methyl sites for hydroxylation is 1. The summed E-state index contributed by atoms with van der Waals surface area (Å²) in [5.41, 5.74) is 8.52. The number of fused-ring (bicyclic) bond motifs is 1. The third-order valence-corrected chi connectivity index (χ3v) is 2.73. The van der Waals surface area contributed by atoms with Crippen LogP contribution in [0.25, 0.3) is 0 Å². The van der Waals surface area contributed by atoms with Crippen LogP contribution in [0.3, 0.4) is 0 Å². The van der Waals surface area contributed by atoms with Crippen molar-refractivity contribution in [3.63, 3.8) is 0 Å². The summed E-state index contributed by atoms with van der Waals surface area (Å²) >= 11 is 4.15. The maximum Gasteiger partial charge on any atom is 0.228 e. The number of carbonyl (C=O) groups is 1. The molecule has 0 spiro atoms. The molecule has 1 aliphatic rings. The van der Waals surface area contributed by atoms with Gasteiger partial charge in [0.25, 0.3) is 0 Å². The zero-order valence-corrected chi connectivity index (χ0v) is 8.63. The Hall–Kier alpha value is -1.16. The second kappa shape index (κ2) is 3.53. The summed E-state index contributed by atoms with van der Waals surface area (Å²) in [7, 11) is 0. The van der Waals surface area contributed by atoms with Gasteiger partial charge in [-0.3, -0.25) is 4.79 Å². The zero-order valence-electron chi connectivity index (χ0n) is 7.73. The van der Waals surface area contributed by atoms with Crippen molar-refractivity contribution in [2.45, 2.75) is 12.8 Å². The Labute approximate surface area is 88.3 Å². The van der Waals surface area contributed by atoms with E-state index in [4.69, 9.17) is 5.73 Å². The van der Waals surface area contributed by atoms with Crippen LogP contribution in [0.4, 0.5) is 11.4 Å². The first-order valence-corrected chi connectivity index (χ1v) is 5.15. The molecule has 0 saturated heterocycles. The van der Waals surface area contributed by atoms with E-state index in [0.29, 0.717) is 12.3 Å². The van der Waals surface area contributed by atoms with E-state index in [2.05, 4.69) is 12.6 Å². The standard InChI is InChI=1S/C10H12N2OS/c11-8-2-3-9-7(5-8)1-4-10(13)12(9)6-14/h2-3,5,14H,1,4,6,11H2. The van der Waals surface area contributed by atoms with E-state index in [1.807, 2.05) is 18.2 Å². The van der Waals surface area contributed by atoms with Gasteiger partial charge in [0.1, 0.15) is 0 Å². The molecule has 0 atom stereocenters. The molecule has 0 unspecified atom stereocenters. The maximum atomic E-state index is 11.5. The van der Waals surface area contributed by atoms with Crippen molar-refractivity contribution in [2.24, 2.45) is 0 Å². The summed E-state index contributed by atoms with van der Waals surface area (Å²) in [6.45, 7) is 0. The molecule has 0 radical (unpaired) electrons. The fourth-order valence-electron chi connectivity index (χ4n) is 1.73. The molecule has 1 aromatic carbocycles. The molecule has 2 rings (SSSR count). The van der Waals surface area contributed by atoms with Gasteiger partial charge in [0.2, 0.25) is 5.91 Å². The highest BCUT2D eigenvalue weighted by atomic mass is 32.1. The number of nitrogens with two attached hydrogens (primary N) is 1. The lowest BCUT2D eigenvalue weighted by molar-refractivity contribution is -0.118. The van der Waals surface area contributed by atoms with Gasteiger partial charge in [-0.2, -0.15) is 12.6 Å². The number of thiol groups is 1. The predicted octanol–water partition coefficient (Wildman–Crippen LogP) is 1.44. The topological polar surface area (TPSA) is 46.3 Å². The van der Waals surface area contributed by atoms with Gasteiger partial charge in [0.15, 0.2) is 0 Å². The molecule has 1 aliphatic heterocycles. The minimum atomic E-state index is 0.136. The molecule has 0 saturated carbocycles. The Morgan fingerprint density at radius 2 is 2.21 bits per heavy atom. The van der Waals surface area contributed by atoms with Crippen LogP contribution in [0.15, 0.2) is 18.2 Å². The van der Waals surface area contributed by atoms with Crippen LogP contribution in [0.5, 0.6) is 0 Å². The minimum absolute atomic E-state index is 0.136. The predicted molar refractivity (Wildman–Crippen MR) is 60.5 cm³/mol. The first kappa shape index (κ1) is 9.40. The summed E-state index contributed by atoms with van der Waals surface area (Å²) in [4.78, 5) is 13.2. The van der Waals surface area contributed by atoms with E-state index < -0.39 is 0 Å². The van der Waals surface area contributed by atoms with Gasteiger partial charge in [-0.05, 0) is 30.2 Å². The van der Waals surface area contributed by atoms with Crippen LogP contribution < -0.4 is 10.6 Å². The number of carbonyl (C=O) groups excluding carboxylic acids is 1. The highest BCUT2D eigenvalue weighted by Crippen LogP contribution is 2.29. The van der Waals surface area contributed by atoms with E-state index in [0.717, 1.165) is 23.4 Å². The Morgan fingerprint density at radius 1 is 1.43 bits per heavy atom. The maximum absolute atomic E-state index is 11.5. The van der Waals surface area contributed by atoms with Crippen LogP contribution in [0.2, 0.25) is 0 Å². The third kappa shape index (κ3) is 1.46. The fraction of sp³-hybridized carbons (Fsp3) is 0.300. The highest BCUT2D eigenvalue weighted by Gasteiger charge is 2.22. The molecular formula is C10H12N2OS. The lowest BCUT2D eigenvalue weighted by Gasteiger charge is -2.27.